The second-order valence-electron chi connectivity index (χ2n) is 6.47. The van der Waals surface area contributed by atoms with Crippen LogP contribution in [-0.4, -0.2) is 35.6 Å². The third kappa shape index (κ3) is 6.16. The van der Waals surface area contributed by atoms with Crippen molar-refractivity contribution in [1.82, 2.24) is 10.2 Å². The van der Waals surface area contributed by atoms with Crippen molar-refractivity contribution in [3.63, 3.8) is 0 Å². The highest BCUT2D eigenvalue weighted by Crippen LogP contribution is 2.24. The van der Waals surface area contributed by atoms with Crippen molar-refractivity contribution in [2.24, 2.45) is 0 Å². The number of carbonyl (C=O) groups is 2. The highest BCUT2D eigenvalue weighted by molar-refractivity contribution is 7.99. The molecule has 0 radical (unpaired) electrons. The van der Waals surface area contributed by atoms with E-state index in [4.69, 9.17) is 23.2 Å². The van der Waals surface area contributed by atoms with Gasteiger partial charge in [-0.3, -0.25) is 9.59 Å². The fourth-order valence-corrected chi connectivity index (χ4v) is 4.18. The van der Waals surface area contributed by atoms with E-state index >= 15 is 0 Å². The van der Waals surface area contributed by atoms with E-state index in [1.54, 1.807) is 37.1 Å². The Labute approximate surface area is 180 Å². The smallest absolute Gasteiger partial charge is 0.242 e. The van der Waals surface area contributed by atoms with Crippen molar-refractivity contribution >= 4 is 46.8 Å². The molecule has 0 spiro atoms. The van der Waals surface area contributed by atoms with Crippen LogP contribution < -0.4 is 5.32 Å². The molecule has 0 aliphatic carbocycles. The highest BCUT2D eigenvalue weighted by atomic mass is 35.5. The maximum atomic E-state index is 12.9. The molecule has 4 nitrogen and oxygen atoms in total. The molecule has 2 amide bonds. The minimum absolute atomic E-state index is 0.110. The van der Waals surface area contributed by atoms with Gasteiger partial charge in [0.05, 0.1) is 5.75 Å². The van der Waals surface area contributed by atoms with Gasteiger partial charge in [-0.2, -0.15) is 0 Å². The summed E-state index contributed by atoms with van der Waals surface area (Å²) in [6, 6.07) is 12.6. The predicted octanol–water partition coefficient (Wildman–Crippen LogP) is 4.70. The molecule has 1 atom stereocenters. The lowest BCUT2D eigenvalue weighted by Gasteiger charge is -2.28. The van der Waals surface area contributed by atoms with E-state index in [1.165, 1.54) is 22.9 Å². The Balaban J connectivity index is 2.10. The van der Waals surface area contributed by atoms with Crippen molar-refractivity contribution in [3.05, 3.63) is 69.2 Å². The molecule has 0 saturated heterocycles. The fraction of sp³-hybridized carbons (Fsp3) is 0.333. The summed E-state index contributed by atoms with van der Waals surface area (Å²) in [5, 5.41) is 3.61. The van der Waals surface area contributed by atoms with Crippen molar-refractivity contribution in [2.45, 2.75) is 32.2 Å². The molecule has 2 rings (SSSR count). The lowest BCUT2D eigenvalue weighted by Crippen LogP contribution is -2.47. The Hall–Kier alpha value is -1.69. The number of halogens is 2. The van der Waals surface area contributed by atoms with Gasteiger partial charge < -0.3 is 10.2 Å². The van der Waals surface area contributed by atoms with Gasteiger partial charge in [-0.1, -0.05) is 53.5 Å². The van der Waals surface area contributed by atoms with Crippen LogP contribution in [0.5, 0.6) is 0 Å². The van der Waals surface area contributed by atoms with E-state index in [2.05, 4.69) is 24.4 Å². The van der Waals surface area contributed by atoms with E-state index < -0.39 is 6.04 Å². The maximum Gasteiger partial charge on any atom is 0.242 e. The third-order valence-corrected chi connectivity index (χ3v) is 6.07. The van der Waals surface area contributed by atoms with Gasteiger partial charge in [0.15, 0.2) is 0 Å². The molecule has 1 N–H and O–H groups in total. The predicted molar refractivity (Wildman–Crippen MR) is 118 cm³/mol. The Morgan fingerprint density at radius 1 is 1.14 bits per heavy atom. The quantitative estimate of drug-likeness (QED) is 0.649. The zero-order valence-electron chi connectivity index (χ0n) is 16.2. The molecular formula is C21H24Cl2N2O2S. The standard InChI is InChI=1S/C21H24Cl2N2O2S/c1-14-6-4-5-7-17(14)12-28-13-20(26)25(15(2)21(27)24-3)11-16-8-9-18(22)10-19(16)23/h4-10,15H,11-13H2,1-3H3,(H,24,27)/t15-/m1/s1. The summed E-state index contributed by atoms with van der Waals surface area (Å²) in [5.41, 5.74) is 3.15. The molecule has 2 aromatic carbocycles. The van der Waals surface area contributed by atoms with Crippen LogP contribution in [0.15, 0.2) is 42.5 Å². The summed E-state index contributed by atoms with van der Waals surface area (Å²) in [7, 11) is 1.56. The minimum Gasteiger partial charge on any atom is -0.357 e. The Kier molecular flexibility index (Phi) is 8.67. The van der Waals surface area contributed by atoms with Crippen molar-refractivity contribution in [1.29, 1.82) is 0 Å². The van der Waals surface area contributed by atoms with Crippen molar-refractivity contribution < 1.29 is 9.59 Å². The first-order chi connectivity index (χ1) is 13.3. The molecule has 0 fully saturated rings. The first-order valence-electron chi connectivity index (χ1n) is 8.90. The maximum absolute atomic E-state index is 12.9. The summed E-state index contributed by atoms with van der Waals surface area (Å²) < 4.78 is 0. The van der Waals surface area contributed by atoms with E-state index in [1.807, 2.05) is 12.1 Å². The number of hydrogen-bond acceptors (Lipinski definition) is 3. The van der Waals surface area contributed by atoms with E-state index in [0.717, 1.165) is 11.3 Å². The number of nitrogens with one attached hydrogen (secondary N) is 1. The van der Waals surface area contributed by atoms with E-state index in [-0.39, 0.29) is 24.1 Å². The molecule has 28 heavy (non-hydrogen) atoms. The summed E-state index contributed by atoms with van der Waals surface area (Å²) in [6.45, 7) is 4.02. The largest absolute Gasteiger partial charge is 0.357 e. The van der Waals surface area contributed by atoms with Gasteiger partial charge in [0.2, 0.25) is 11.8 Å². The third-order valence-electron chi connectivity index (χ3n) is 4.51. The average Bonchev–Trinajstić information content (AvgIpc) is 2.67. The summed E-state index contributed by atoms with van der Waals surface area (Å²) >= 11 is 13.8. The van der Waals surface area contributed by atoms with Crippen LogP contribution in [0.25, 0.3) is 0 Å². The molecule has 0 aromatic heterocycles. The van der Waals surface area contributed by atoms with Gasteiger partial charge in [-0.15, -0.1) is 11.8 Å². The van der Waals surface area contributed by atoms with Crippen LogP contribution in [0.3, 0.4) is 0 Å². The summed E-state index contributed by atoms with van der Waals surface area (Å²) in [4.78, 5) is 26.6. The number of carbonyl (C=O) groups excluding carboxylic acids is 2. The van der Waals surface area contributed by atoms with Crippen LogP contribution in [0, 0.1) is 6.92 Å². The second kappa shape index (κ2) is 10.7. The number of amides is 2. The highest BCUT2D eigenvalue weighted by Gasteiger charge is 2.26. The molecule has 0 saturated carbocycles. The molecule has 0 aliphatic rings. The Morgan fingerprint density at radius 2 is 1.86 bits per heavy atom. The SMILES string of the molecule is CNC(=O)[C@@H](C)N(Cc1ccc(Cl)cc1Cl)C(=O)CSCc1ccccc1C. The van der Waals surface area contributed by atoms with Gasteiger partial charge in [-0.25, -0.2) is 0 Å². The zero-order chi connectivity index (χ0) is 20.7. The normalized spacial score (nSPS) is 11.8. The first kappa shape index (κ1) is 22.6. The molecule has 0 heterocycles. The van der Waals surface area contributed by atoms with Gasteiger partial charge in [-0.05, 0) is 42.7 Å². The van der Waals surface area contributed by atoms with Crippen LogP contribution in [-0.2, 0) is 21.9 Å². The number of rotatable bonds is 8. The Morgan fingerprint density at radius 3 is 2.50 bits per heavy atom. The summed E-state index contributed by atoms with van der Waals surface area (Å²) in [5.74, 6) is 0.687. The fourth-order valence-electron chi connectivity index (χ4n) is 2.73. The Bertz CT molecular complexity index is 845. The number of benzene rings is 2. The van der Waals surface area contributed by atoms with Gasteiger partial charge in [0, 0.05) is 29.4 Å². The van der Waals surface area contributed by atoms with E-state index in [9.17, 15) is 9.59 Å². The summed E-state index contributed by atoms with van der Waals surface area (Å²) in [6.07, 6.45) is 0. The lowest BCUT2D eigenvalue weighted by molar-refractivity contribution is -0.138. The van der Waals surface area contributed by atoms with Gasteiger partial charge in [0.25, 0.3) is 0 Å². The zero-order valence-corrected chi connectivity index (χ0v) is 18.5. The number of thioether (sulfide) groups is 1. The molecule has 150 valence electrons. The topological polar surface area (TPSA) is 49.4 Å². The van der Waals surface area contributed by atoms with Gasteiger partial charge in [0.1, 0.15) is 6.04 Å². The first-order valence-corrected chi connectivity index (χ1v) is 10.8. The van der Waals surface area contributed by atoms with Crippen LogP contribution in [0.4, 0.5) is 0 Å². The van der Waals surface area contributed by atoms with Crippen molar-refractivity contribution in [2.75, 3.05) is 12.8 Å². The lowest BCUT2D eigenvalue weighted by atomic mass is 10.1. The number of aryl methyl sites for hydroxylation is 1. The van der Waals surface area contributed by atoms with Crippen LogP contribution in [0.2, 0.25) is 10.0 Å². The average molecular weight is 439 g/mol. The molecular weight excluding hydrogens is 415 g/mol. The van der Waals surface area contributed by atoms with Crippen LogP contribution >= 0.6 is 35.0 Å². The van der Waals surface area contributed by atoms with E-state index in [0.29, 0.717) is 10.0 Å². The molecule has 2 aromatic rings. The number of likely N-dealkylation sites (N-methyl/N-ethyl adjacent to an activating group) is 1. The molecule has 7 heteroatoms. The molecule has 0 aliphatic heterocycles. The molecule has 0 unspecified atom stereocenters. The van der Waals surface area contributed by atoms with Gasteiger partial charge >= 0.3 is 0 Å². The minimum atomic E-state index is -0.608. The van der Waals surface area contributed by atoms with Crippen molar-refractivity contribution in [3.8, 4) is 0 Å². The number of hydrogen-bond donors (Lipinski definition) is 1. The number of nitrogens with zero attached hydrogens (tertiary/aromatic N) is 1. The van der Waals surface area contributed by atoms with Crippen LogP contribution in [0.1, 0.15) is 23.6 Å². The monoisotopic (exact) mass is 438 g/mol. The molecule has 0 bridgehead atoms. The second-order valence-corrected chi connectivity index (χ2v) is 8.30.